The summed E-state index contributed by atoms with van der Waals surface area (Å²) in [6, 6.07) is 16.6. The summed E-state index contributed by atoms with van der Waals surface area (Å²) in [4.78, 5) is 4.21. The molecule has 1 saturated carbocycles. The second-order valence-electron chi connectivity index (χ2n) is 5.19. The molecule has 3 heteroatoms. The van der Waals surface area contributed by atoms with Crippen LogP contribution in [0.3, 0.4) is 0 Å². The Morgan fingerprint density at radius 1 is 0.950 bits per heavy atom. The quantitative estimate of drug-likeness (QED) is 0.844. The Morgan fingerprint density at radius 3 is 2.40 bits per heavy atom. The molecule has 1 aliphatic rings. The Balaban J connectivity index is 1.56. The molecule has 0 radical (unpaired) electrons. The summed E-state index contributed by atoms with van der Waals surface area (Å²) >= 11 is 0. The zero-order valence-electron chi connectivity index (χ0n) is 11.5. The topological polar surface area (TPSA) is 37.3 Å². The highest BCUT2D eigenvalue weighted by molar-refractivity contribution is 5.85. The van der Waals surface area contributed by atoms with Crippen LogP contribution < -0.4 is 5.43 Å². The van der Waals surface area contributed by atoms with Crippen molar-refractivity contribution in [3.05, 3.63) is 60.3 Å². The second-order valence-corrected chi connectivity index (χ2v) is 5.19. The lowest BCUT2D eigenvalue weighted by atomic mass is 9.83. The maximum absolute atomic E-state index is 4.49. The number of hydrazone groups is 1. The standard InChI is InChI=1S/C17H19N3/c1-2-6-14(7-3-1)15-9-11-16(12-10-15)19-20-17-8-4-5-13-18-17/h1-8,13,15H,9-12H2,(H,18,20). The lowest BCUT2D eigenvalue weighted by Crippen LogP contribution is -2.14. The van der Waals surface area contributed by atoms with Gasteiger partial charge in [0.05, 0.1) is 0 Å². The molecule has 1 aliphatic carbocycles. The molecule has 3 nitrogen and oxygen atoms in total. The number of hydrogen-bond donors (Lipinski definition) is 1. The van der Waals surface area contributed by atoms with Crippen LogP contribution in [0.5, 0.6) is 0 Å². The molecule has 0 atom stereocenters. The van der Waals surface area contributed by atoms with E-state index in [1.165, 1.54) is 24.1 Å². The molecule has 2 aromatic rings. The molecule has 1 fully saturated rings. The zero-order chi connectivity index (χ0) is 13.6. The average molecular weight is 265 g/mol. The number of benzene rings is 1. The Labute approximate surface area is 119 Å². The predicted molar refractivity (Wildman–Crippen MR) is 82.9 cm³/mol. The highest BCUT2D eigenvalue weighted by Crippen LogP contribution is 2.31. The lowest BCUT2D eigenvalue weighted by molar-refractivity contribution is 0.566. The molecule has 20 heavy (non-hydrogen) atoms. The van der Waals surface area contributed by atoms with Crippen molar-refractivity contribution < 1.29 is 0 Å². The lowest BCUT2D eigenvalue weighted by Gasteiger charge is -2.23. The number of rotatable bonds is 3. The molecule has 0 bridgehead atoms. The third-order valence-corrected chi connectivity index (χ3v) is 3.83. The number of hydrogen-bond acceptors (Lipinski definition) is 3. The average Bonchev–Trinajstić information content (AvgIpc) is 2.55. The van der Waals surface area contributed by atoms with Crippen LogP contribution in [0.1, 0.15) is 37.2 Å². The maximum Gasteiger partial charge on any atom is 0.146 e. The van der Waals surface area contributed by atoms with Gasteiger partial charge in [0.15, 0.2) is 0 Å². The van der Waals surface area contributed by atoms with E-state index in [2.05, 4.69) is 45.8 Å². The first-order valence-electron chi connectivity index (χ1n) is 7.19. The van der Waals surface area contributed by atoms with Crippen molar-refractivity contribution in [2.75, 3.05) is 5.43 Å². The molecular formula is C17H19N3. The van der Waals surface area contributed by atoms with E-state index in [4.69, 9.17) is 0 Å². The largest absolute Gasteiger partial charge is 0.261 e. The summed E-state index contributed by atoms with van der Waals surface area (Å²) in [5.41, 5.74) is 5.76. The summed E-state index contributed by atoms with van der Waals surface area (Å²) in [6.07, 6.45) is 6.28. The van der Waals surface area contributed by atoms with Crippen LogP contribution in [0.2, 0.25) is 0 Å². The smallest absolute Gasteiger partial charge is 0.146 e. The minimum Gasteiger partial charge on any atom is -0.261 e. The first-order chi connectivity index (χ1) is 9.92. The molecule has 0 spiro atoms. The minimum absolute atomic E-state index is 0.685. The van der Waals surface area contributed by atoms with Gasteiger partial charge in [-0.05, 0) is 49.3 Å². The zero-order valence-corrected chi connectivity index (χ0v) is 11.5. The fourth-order valence-corrected chi connectivity index (χ4v) is 2.69. The minimum atomic E-state index is 0.685. The molecule has 1 aromatic carbocycles. The van der Waals surface area contributed by atoms with E-state index in [1.54, 1.807) is 6.20 Å². The first kappa shape index (κ1) is 12.9. The van der Waals surface area contributed by atoms with Gasteiger partial charge in [0.2, 0.25) is 0 Å². The van der Waals surface area contributed by atoms with E-state index in [0.29, 0.717) is 5.92 Å². The number of nitrogens with zero attached hydrogens (tertiary/aromatic N) is 2. The van der Waals surface area contributed by atoms with Gasteiger partial charge >= 0.3 is 0 Å². The Morgan fingerprint density at radius 2 is 1.70 bits per heavy atom. The first-order valence-corrected chi connectivity index (χ1v) is 7.19. The summed E-state index contributed by atoms with van der Waals surface area (Å²) in [7, 11) is 0. The number of nitrogens with one attached hydrogen (secondary N) is 1. The van der Waals surface area contributed by atoms with Crippen molar-refractivity contribution in [1.29, 1.82) is 0 Å². The fraction of sp³-hybridized carbons (Fsp3) is 0.294. The van der Waals surface area contributed by atoms with Gasteiger partial charge in [-0.25, -0.2) is 4.98 Å². The van der Waals surface area contributed by atoms with Gasteiger partial charge in [-0.3, -0.25) is 5.43 Å². The van der Waals surface area contributed by atoms with Gasteiger partial charge in [0, 0.05) is 11.9 Å². The van der Waals surface area contributed by atoms with Crippen molar-refractivity contribution >= 4 is 11.5 Å². The molecule has 1 aromatic heterocycles. The molecule has 1 N–H and O–H groups in total. The number of pyridine rings is 1. The highest BCUT2D eigenvalue weighted by atomic mass is 15.3. The van der Waals surface area contributed by atoms with Gasteiger partial charge in [0.25, 0.3) is 0 Å². The van der Waals surface area contributed by atoms with Crippen molar-refractivity contribution in [2.24, 2.45) is 5.10 Å². The van der Waals surface area contributed by atoms with Crippen LogP contribution in [-0.4, -0.2) is 10.7 Å². The van der Waals surface area contributed by atoms with Crippen LogP contribution in [-0.2, 0) is 0 Å². The van der Waals surface area contributed by atoms with Crippen molar-refractivity contribution in [3.8, 4) is 0 Å². The summed E-state index contributed by atoms with van der Waals surface area (Å²) in [5.74, 6) is 1.50. The molecule has 0 aliphatic heterocycles. The molecule has 0 saturated heterocycles. The molecule has 1 heterocycles. The van der Waals surface area contributed by atoms with E-state index < -0.39 is 0 Å². The van der Waals surface area contributed by atoms with Gasteiger partial charge < -0.3 is 0 Å². The summed E-state index contributed by atoms with van der Waals surface area (Å²) in [5, 5.41) is 4.49. The summed E-state index contributed by atoms with van der Waals surface area (Å²) in [6.45, 7) is 0. The van der Waals surface area contributed by atoms with E-state index in [0.717, 1.165) is 18.7 Å². The van der Waals surface area contributed by atoms with Gasteiger partial charge in [-0.15, -0.1) is 0 Å². The number of anilines is 1. The molecular weight excluding hydrogens is 246 g/mol. The SMILES string of the molecule is c1ccc(C2CCC(=NNc3ccccn3)CC2)cc1. The van der Waals surface area contributed by atoms with E-state index in [-0.39, 0.29) is 0 Å². The third-order valence-electron chi connectivity index (χ3n) is 3.83. The Bertz CT molecular complexity index is 553. The van der Waals surface area contributed by atoms with Crippen LogP contribution in [0.15, 0.2) is 59.8 Å². The second kappa shape index (κ2) is 6.33. The molecule has 3 rings (SSSR count). The van der Waals surface area contributed by atoms with Crippen LogP contribution in [0, 0.1) is 0 Å². The van der Waals surface area contributed by atoms with Gasteiger partial charge in [-0.1, -0.05) is 36.4 Å². The van der Waals surface area contributed by atoms with E-state index >= 15 is 0 Å². The van der Waals surface area contributed by atoms with Crippen LogP contribution in [0.4, 0.5) is 5.82 Å². The summed E-state index contributed by atoms with van der Waals surface area (Å²) < 4.78 is 0. The normalized spacial score (nSPS) is 18.6. The monoisotopic (exact) mass is 265 g/mol. The Kier molecular flexibility index (Phi) is 4.07. The Hall–Kier alpha value is -2.16. The van der Waals surface area contributed by atoms with Crippen molar-refractivity contribution in [2.45, 2.75) is 31.6 Å². The van der Waals surface area contributed by atoms with Crippen molar-refractivity contribution in [1.82, 2.24) is 4.98 Å². The fourth-order valence-electron chi connectivity index (χ4n) is 2.69. The van der Waals surface area contributed by atoms with Crippen molar-refractivity contribution in [3.63, 3.8) is 0 Å². The van der Waals surface area contributed by atoms with E-state index in [1.807, 2.05) is 18.2 Å². The maximum atomic E-state index is 4.49. The highest BCUT2D eigenvalue weighted by Gasteiger charge is 2.18. The number of aromatic nitrogens is 1. The van der Waals surface area contributed by atoms with Gasteiger partial charge in [-0.2, -0.15) is 5.10 Å². The molecule has 102 valence electrons. The third kappa shape index (κ3) is 3.23. The molecule has 0 amide bonds. The van der Waals surface area contributed by atoms with Crippen LogP contribution in [0.25, 0.3) is 0 Å². The van der Waals surface area contributed by atoms with Crippen LogP contribution >= 0.6 is 0 Å². The molecule has 0 unspecified atom stereocenters. The van der Waals surface area contributed by atoms with E-state index in [9.17, 15) is 0 Å². The van der Waals surface area contributed by atoms with Gasteiger partial charge in [0.1, 0.15) is 5.82 Å². The predicted octanol–water partition coefficient (Wildman–Crippen LogP) is 4.21.